The number of anilines is 3. The lowest BCUT2D eigenvalue weighted by atomic mass is 9.95. The molecule has 0 aliphatic heterocycles. The zero-order valence-corrected chi connectivity index (χ0v) is 26.5. The van der Waals surface area contributed by atoms with E-state index in [0.29, 0.717) is 0 Å². The average Bonchev–Trinajstić information content (AvgIpc) is 3.57. The van der Waals surface area contributed by atoms with E-state index in [1.165, 1.54) is 33.0 Å². The van der Waals surface area contributed by atoms with Gasteiger partial charge in [-0.3, -0.25) is 0 Å². The van der Waals surface area contributed by atoms with Crippen molar-refractivity contribution in [3.63, 3.8) is 0 Å². The maximum atomic E-state index is 6.81. The quantitative estimate of drug-likeness (QED) is 0.185. The number of furan rings is 1. The number of rotatable bonds is 6. The Morgan fingerprint density at radius 1 is 0.521 bits per heavy atom. The van der Waals surface area contributed by atoms with Crippen LogP contribution >= 0.6 is 0 Å². The number of fused-ring (bicyclic) bond motifs is 5. The maximum Gasteiger partial charge on any atom is 0.160 e. The van der Waals surface area contributed by atoms with E-state index in [4.69, 9.17) is 4.42 Å². The molecule has 0 amide bonds. The highest BCUT2D eigenvalue weighted by atomic mass is 16.3. The molecule has 0 saturated carbocycles. The third-order valence-electron chi connectivity index (χ3n) is 9.53. The Morgan fingerprint density at radius 3 is 1.98 bits per heavy atom. The van der Waals surface area contributed by atoms with Crippen LogP contribution in [0.2, 0.25) is 0 Å². The first-order valence-electron chi connectivity index (χ1n) is 16.7. The van der Waals surface area contributed by atoms with Crippen LogP contribution in [0.3, 0.4) is 0 Å². The lowest BCUT2D eigenvalue weighted by Crippen LogP contribution is -2.12. The summed E-state index contributed by atoms with van der Waals surface area (Å²) in [6, 6.07) is 56.6. The van der Waals surface area contributed by atoms with E-state index in [-0.39, 0.29) is 0 Å². The zero-order chi connectivity index (χ0) is 31.9. The molecule has 8 aromatic rings. The third-order valence-corrected chi connectivity index (χ3v) is 9.53. The predicted octanol–water partition coefficient (Wildman–Crippen LogP) is 13.3. The van der Waals surface area contributed by atoms with E-state index in [0.717, 1.165) is 63.0 Å². The molecule has 0 spiro atoms. The number of hydrogen-bond donors (Lipinski definition) is 0. The highest BCUT2D eigenvalue weighted by molar-refractivity contribution is 6.23. The fraction of sp³-hybridized carbons (Fsp3) is 0.0435. The molecular formula is C46H33NO. The van der Waals surface area contributed by atoms with E-state index in [1.54, 1.807) is 0 Å². The van der Waals surface area contributed by atoms with Crippen molar-refractivity contribution in [3.8, 4) is 22.3 Å². The Bertz CT molecular complexity index is 2480. The van der Waals surface area contributed by atoms with Crippen LogP contribution in [0.25, 0.3) is 60.5 Å². The Morgan fingerprint density at radius 2 is 1.21 bits per heavy atom. The van der Waals surface area contributed by atoms with E-state index in [2.05, 4.69) is 175 Å². The molecule has 228 valence electrons. The van der Waals surface area contributed by atoms with Crippen LogP contribution in [0.15, 0.2) is 180 Å². The van der Waals surface area contributed by atoms with E-state index >= 15 is 0 Å². The number of allylic oxidation sites excluding steroid dienone is 4. The summed E-state index contributed by atoms with van der Waals surface area (Å²) in [5.41, 5.74) is 12.3. The second-order valence-electron chi connectivity index (χ2n) is 12.4. The molecule has 1 aliphatic carbocycles. The van der Waals surface area contributed by atoms with Gasteiger partial charge in [0.2, 0.25) is 0 Å². The van der Waals surface area contributed by atoms with Gasteiger partial charge in [-0.15, -0.1) is 0 Å². The van der Waals surface area contributed by atoms with E-state index in [9.17, 15) is 0 Å². The van der Waals surface area contributed by atoms with Gasteiger partial charge in [0, 0.05) is 22.0 Å². The fourth-order valence-electron chi connectivity index (χ4n) is 7.19. The second kappa shape index (κ2) is 11.9. The third kappa shape index (κ3) is 4.90. The lowest BCUT2D eigenvalue weighted by Gasteiger charge is -2.29. The zero-order valence-electron chi connectivity index (χ0n) is 26.5. The minimum Gasteiger partial charge on any atom is -0.454 e. The van der Waals surface area contributed by atoms with Gasteiger partial charge >= 0.3 is 0 Å². The van der Waals surface area contributed by atoms with E-state index in [1.807, 2.05) is 6.07 Å². The molecule has 0 radical (unpaired) electrons. The highest BCUT2D eigenvalue weighted by Gasteiger charge is 2.24. The predicted molar refractivity (Wildman–Crippen MR) is 203 cm³/mol. The van der Waals surface area contributed by atoms with Crippen molar-refractivity contribution in [3.05, 3.63) is 182 Å². The van der Waals surface area contributed by atoms with Crippen LogP contribution in [0.4, 0.5) is 17.1 Å². The summed E-state index contributed by atoms with van der Waals surface area (Å²) >= 11 is 0. The Labute approximate surface area is 280 Å². The van der Waals surface area contributed by atoms with Gasteiger partial charge < -0.3 is 9.32 Å². The minimum atomic E-state index is 0.880. The Hall–Kier alpha value is -6.12. The molecule has 1 heterocycles. The Balaban J connectivity index is 1.34. The SMILES string of the molecule is C1=CCCC(c2ccc(N(c3ccc(-c4ccccc4)cc3-c3ccccc3)c3cc4ccccc4c4c3oc3ccccc34)cc2)=C1. The van der Waals surface area contributed by atoms with Crippen molar-refractivity contribution in [1.82, 2.24) is 0 Å². The molecule has 1 aliphatic rings. The van der Waals surface area contributed by atoms with Gasteiger partial charge in [0.1, 0.15) is 5.58 Å². The second-order valence-corrected chi connectivity index (χ2v) is 12.4. The van der Waals surface area contributed by atoms with Crippen LogP contribution in [-0.2, 0) is 0 Å². The molecule has 0 fully saturated rings. The van der Waals surface area contributed by atoms with Crippen LogP contribution < -0.4 is 4.90 Å². The number of benzene rings is 7. The summed E-state index contributed by atoms with van der Waals surface area (Å²) in [6.45, 7) is 0. The van der Waals surface area contributed by atoms with Crippen molar-refractivity contribution >= 4 is 55.3 Å². The summed E-state index contributed by atoms with van der Waals surface area (Å²) in [4.78, 5) is 2.40. The molecule has 0 saturated heterocycles. The van der Waals surface area contributed by atoms with Gasteiger partial charge in [-0.1, -0.05) is 140 Å². The molecular weight excluding hydrogens is 583 g/mol. The first-order valence-corrected chi connectivity index (χ1v) is 16.7. The molecule has 2 nitrogen and oxygen atoms in total. The standard InChI is InChI=1S/C46H33NO/c1-4-14-32(15-5-1)34-24-27-38(28-25-34)47(42-29-26-36(33-16-6-2-7-17-33)30-41(42)35-18-8-3-9-19-35)43-31-37-20-10-11-21-39(37)45-40-22-12-13-23-44(40)48-46(43)45/h1-4,6-14,16-31H,5,15H2. The van der Waals surface area contributed by atoms with Crippen molar-refractivity contribution in [1.29, 1.82) is 0 Å². The van der Waals surface area contributed by atoms with Gasteiger partial charge in [0.25, 0.3) is 0 Å². The molecule has 0 bridgehead atoms. The highest BCUT2D eigenvalue weighted by Crippen LogP contribution is 2.48. The van der Waals surface area contributed by atoms with Crippen LogP contribution in [0.5, 0.6) is 0 Å². The largest absolute Gasteiger partial charge is 0.454 e. The van der Waals surface area contributed by atoms with Gasteiger partial charge in [0.05, 0.1) is 11.4 Å². The molecule has 0 atom stereocenters. The van der Waals surface area contributed by atoms with Gasteiger partial charge in [-0.2, -0.15) is 0 Å². The first kappa shape index (κ1) is 28.1. The van der Waals surface area contributed by atoms with Crippen molar-refractivity contribution in [2.45, 2.75) is 12.8 Å². The molecule has 48 heavy (non-hydrogen) atoms. The maximum absolute atomic E-state index is 6.81. The van der Waals surface area contributed by atoms with Crippen molar-refractivity contribution in [2.24, 2.45) is 0 Å². The number of nitrogens with zero attached hydrogens (tertiary/aromatic N) is 1. The molecule has 1 aromatic heterocycles. The summed E-state index contributed by atoms with van der Waals surface area (Å²) in [5.74, 6) is 0. The fourth-order valence-corrected chi connectivity index (χ4v) is 7.19. The number of para-hydroxylation sites is 1. The van der Waals surface area contributed by atoms with E-state index < -0.39 is 0 Å². The van der Waals surface area contributed by atoms with Crippen molar-refractivity contribution < 1.29 is 4.42 Å². The minimum absolute atomic E-state index is 0.880. The van der Waals surface area contributed by atoms with Crippen LogP contribution in [-0.4, -0.2) is 0 Å². The molecule has 7 aromatic carbocycles. The average molecular weight is 616 g/mol. The normalized spacial score (nSPS) is 12.9. The summed E-state index contributed by atoms with van der Waals surface area (Å²) in [7, 11) is 0. The summed E-state index contributed by atoms with van der Waals surface area (Å²) < 4.78 is 6.81. The molecule has 0 unspecified atom stereocenters. The van der Waals surface area contributed by atoms with Crippen LogP contribution in [0, 0.1) is 0 Å². The van der Waals surface area contributed by atoms with Gasteiger partial charge in [-0.05, 0) is 87.8 Å². The van der Waals surface area contributed by atoms with Gasteiger partial charge in [-0.25, -0.2) is 0 Å². The summed E-state index contributed by atoms with van der Waals surface area (Å²) in [5, 5.41) is 4.63. The molecule has 9 rings (SSSR count). The molecule has 0 N–H and O–H groups in total. The van der Waals surface area contributed by atoms with Crippen molar-refractivity contribution in [2.75, 3.05) is 4.90 Å². The van der Waals surface area contributed by atoms with Gasteiger partial charge in [0.15, 0.2) is 5.58 Å². The smallest absolute Gasteiger partial charge is 0.160 e. The molecule has 2 heteroatoms. The first-order chi connectivity index (χ1) is 23.8. The lowest BCUT2D eigenvalue weighted by molar-refractivity contribution is 0.669. The Kier molecular flexibility index (Phi) is 6.98. The number of hydrogen-bond acceptors (Lipinski definition) is 2. The topological polar surface area (TPSA) is 16.4 Å². The summed E-state index contributed by atoms with van der Waals surface area (Å²) in [6.07, 6.45) is 8.79. The van der Waals surface area contributed by atoms with Crippen LogP contribution in [0.1, 0.15) is 18.4 Å². The monoisotopic (exact) mass is 615 g/mol.